The van der Waals surface area contributed by atoms with Crippen LogP contribution in [0.4, 0.5) is 0 Å². The molecule has 20 heavy (non-hydrogen) atoms. The number of rotatable bonds is 4. The summed E-state index contributed by atoms with van der Waals surface area (Å²) < 4.78 is 27.9. The Morgan fingerprint density at radius 2 is 2.15 bits per heavy atom. The normalized spacial score (nSPS) is 20.8. The molecule has 1 atom stereocenters. The zero-order valence-electron chi connectivity index (χ0n) is 11.5. The molecular formula is C13H18BrClN2O2S. The maximum Gasteiger partial charge on any atom is 0.244 e. The van der Waals surface area contributed by atoms with Gasteiger partial charge in [0.15, 0.2) is 0 Å². The van der Waals surface area contributed by atoms with Crippen LogP contribution in [0.25, 0.3) is 0 Å². The fourth-order valence-corrected chi connectivity index (χ4v) is 5.24. The van der Waals surface area contributed by atoms with E-state index in [1.165, 1.54) is 0 Å². The Bertz CT molecular complexity index is 592. The van der Waals surface area contributed by atoms with Crippen molar-refractivity contribution in [2.45, 2.75) is 23.8 Å². The number of hydrogen-bond acceptors (Lipinski definition) is 3. The first kappa shape index (κ1) is 16.2. The third kappa shape index (κ3) is 3.36. The van der Waals surface area contributed by atoms with Crippen LogP contribution in [0.5, 0.6) is 0 Å². The molecule has 2 rings (SSSR count). The van der Waals surface area contributed by atoms with Crippen molar-refractivity contribution in [2.75, 3.05) is 27.2 Å². The van der Waals surface area contributed by atoms with Crippen molar-refractivity contribution in [3.63, 3.8) is 0 Å². The van der Waals surface area contributed by atoms with E-state index in [1.807, 2.05) is 19.0 Å². The van der Waals surface area contributed by atoms with Gasteiger partial charge in [0.05, 0.1) is 5.02 Å². The van der Waals surface area contributed by atoms with Gasteiger partial charge in [0.25, 0.3) is 0 Å². The first-order valence-electron chi connectivity index (χ1n) is 6.44. The molecule has 0 radical (unpaired) electrons. The monoisotopic (exact) mass is 380 g/mol. The average molecular weight is 382 g/mol. The minimum Gasteiger partial charge on any atom is -0.308 e. The van der Waals surface area contributed by atoms with Crippen molar-refractivity contribution >= 4 is 37.6 Å². The summed E-state index contributed by atoms with van der Waals surface area (Å²) >= 11 is 9.39. The molecule has 0 amide bonds. The topological polar surface area (TPSA) is 40.6 Å². The van der Waals surface area contributed by atoms with Crippen LogP contribution in [-0.4, -0.2) is 50.8 Å². The molecule has 1 aliphatic heterocycles. The Balaban J connectivity index is 2.34. The van der Waals surface area contributed by atoms with Gasteiger partial charge in [-0.3, -0.25) is 0 Å². The van der Waals surface area contributed by atoms with Gasteiger partial charge in [0, 0.05) is 23.6 Å². The van der Waals surface area contributed by atoms with Gasteiger partial charge in [0.2, 0.25) is 10.0 Å². The van der Waals surface area contributed by atoms with Crippen molar-refractivity contribution in [3.05, 3.63) is 27.7 Å². The lowest BCUT2D eigenvalue weighted by Crippen LogP contribution is -2.41. The molecule has 7 heteroatoms. The third-order valence-corrected chi connectivity index (χ3v) is 6.31. The number of benzene rings is 1. The van der Waals surface area contributed by atoms with Crippen molar-refractivity contribution in [3.8, 4) is 0 Å². The maximum absolute atomic E-state index is 12.8. The van der Waals surface area contributed by atoms with E-state index in [-0.39, 0.29) is 16.0 Å². The molecule has 112 valence electrons. The predicted molar refractivity (Wildman–Crippen MR) is 84.6 cm³/mol. The largest absolute Gasteiger partial charge is 0.308 e. The fraction of sp³-hybridized carbons (Fsp3) is 0.538. The molecule has 0 bridgehead atoms. The first-order chi connectivity index (χ1) is 9.32. The molecule has 0 aliphatic carbocycles. The summed E-state index contributed by atoms with van der Waals surface area (Å²) in [6.45, 7) is 1.29. The van der Waals surface area contributed by atoms with Gasteiger partial charge in [-0.25, -0.2) is 8.42 Å². The maximum atomic E-state index is 12.8. The predicted octanol–water partition coefficient (Wildman–Crippen LogP) is 2.82. The lowest BCUT2D eigenvalue weighted by atomic mass is 10.2. The van der Waals surface area contributed by atoms with Crippen LogP contribution in [-0.2, 0) is 10.0 Å². The van der Waals surface area contributed by atoms with Crippen molar-refractivity contribution < 1.29 is 8.42 Å². The number of likely N-dealkylation sites (N-methyl/N-ethyl adjacent to an activating group) is 1. The summed E-state index contributed by atoms with van der Waals surface area (Å²) in [7, 11) is 0.381. The number of halogens is 2. The van der Waals surface area contributed by atoms with E-state index in [0.717, 1.165) is 23.9 Å². The van der Waals surface area contributed by atoms with E-state index in [4.69, 9.17) is 11.6 Å². The van der Waals surface area contributed by atoms with Gasteiger partial charge in [0.1, 0.15) is 4.90 Å². The Morgan fingerprint density at radius 3 is 2.75 bits per heavy atom. The molecule has 1 aliphatic rings. The van der Waals surface area contributed by atoms with E-state index in [9.17, 15) is 8.42 Å². The lowest BCUT2D eigenvalue weighted by molar-refractivity contribution is 0.291. The van der Waals surface area contributed by atoms with Crippen LogP contribution in [0.1, 0.15) is 12.8 Å². The number of nitrogens with zero attached hydrogens (tertiary/aromatic N) is 2. The van der Waals surface area contributed by atoms with Crippen molar-refractivity contribution in [1.82, 2.24) is 9.21 Å². The van der Waals surface area contributed by atoms with Gasteiger partial charge >= 0.3 is 0 Å². The zero-order chi connectivity index (χ0) is 14.9. The molecule has 0 N–H and O–H groups in total. The highest BCUT2D eigenvalue weighted by Crippen LogP contribution is 2.31. The first-order valence-corrected chi connectivity index (χ1v) is 9.05. The molecule has 0 aromatic heterocycles. The zero-order valence-corrected chi connectivity index (χ0v) is 14.7. The Kier molecular flexibility index (Phi) is 5.13. The summed E-state index contributed by atoms with van der Waals surface area (Å²) in [5.41, 5.74) is 0. The second-order valence-electron chi connectivity index (χ2n) is 5.25. The molecule has 1 heterocycles. The van der Waals surface area contributed by atoms with E-state index in [2.05, 4.69) is 15.9 Å². The minimum atomic E-state index is -3.53. The molecule has 1 aromatic rings. The Labute approximate surface area is 133 Å². The fourth-order valence-electron chi connectivity index (χ4n) is 2.54. The van der Waals surface area contributed by atoms with Crippen LogP contribution in [0.15, 0.2) is 27.6 Å². The summed E-state index contributed by atoms with van der Waals surface area (Å²) in [5.74, 6) is 0. The Hall–Kier alpha value is -0.140. The van der Waals surface area contributed by atoms with E-state index in [0.29, 0.717) is 6.54 Å². The van der Waals surface area contributed by atoms with Crippen LogP contribution in [0, 0.1) is 0 Å². The molecule has 4 nitrogen and oxygen atoms in total. The summed E-state index contributed by atoms with van der Waals surface area (Å²) in [6.07, 6.45) is 1.79. The van der Waals surface area contributed by atoms with E-state index >= 15 is 0 Å². The molecule has 1 fully saturated rings. The highest BCUT2D eigenvalue weighted by Gasteiger charge is 2.36. The van der Waals surface area contributed by atoms with Crippen molar-refractivity contribution in [2.24, 2.45) is 0 Å². The molecule has 0 saturated carbocycles. The van der Waals surface area contributed by atoms with Gasteiger partial charge in [-0.2, -0.15) is 4.31 Å². The van der Waals surface area contributed by atoms with Gasteiger partial charge in [-0.15, -0.1) is 0 Å². The molecule has 0 spiro atoms. The van der Waals surface area contributed by atoms with Gasteiger partial charge in [-0.1, -0.05) is 27.5 Å². The van der Waals surface area contributed by atoms with Gasteiger partial charge in [-0.05, 0) is 45.1 Å². The second kappa shape index (κ2) is 6.32. The smallest absolute Gasteiger partial charge is 0.244 e. The number of hydrogen-bond donors (Lipinski definition) is 0. The minimum absolute atomic E-state index is 0.0229. The lowest BCUT2D eigenvalue weighted by Gasteiger charge is -2.26. The molecule has 1 unspecified atom stereocenters. The van der Waals surface area contributed by atoms with Crippen LogP contribution < -0.4 is 0 Å². The van der Waals surface area contributed by atoms with Crippen molar-refractivity contribution in [1.29, 1.82) is 0 Å². The summed E-state index contributed by atoms with van der Waals surface area (Å²) in [4.78, 5) is 2.20. The van der Waals surface area contributed by atoms with E-state index < -0.39 is 10.0 Å². The van der Waals surface area contributed by atoms with Gasteiger partial charge < -0.3 is 4.90 Å². The summed E-state index contributed by atoms with van der Waals surface area (Å²) in [6, 6.07) is 4.91. The Morgan fingerprint density at radius 1 is 1.45 bits per heavy atom. The van der Waals surface area contributed by atoms with Crippen LogP contribution in [0.3, 0.4) is 0 Å². The number of sulfonamides is 1. The van der Waals surface area contributed by atoms with E-state index in [1.54, 1.807) is 22.5 Å². The second-order valence-corrected chi connectivity index (χ2v) is 8.43. The van der Waals surface area contributed by atoms with Crippen LogP contribution in [0.2, 0.25) is 5.02 Å². The molecular weight excluding hydrogens is 364 g/mol. The quantitative estimate of drug-likeness (QED) is 0.805. The third-order valence-electron chi connectivity index (χ3n) is 3.38. The molecule has 1 saturated heterocycles. The SMILES string of the molecule is CN(C)CC1CCCN1S(=O)(=O)c1ccc(Br)cc1Cl. The summed E-state index contributed by atoms with van der Waals surface area (Å²) in [5, 5.41) is 0.259. The molecule has 1 aromatic carbocycles. The highest BCUT2D eigenvalue weighted by molar-refractivity contribution is 9.10. The average Bonchev–Trinajstić information content (AvgIpc) is 2.76. The van der Waals surface area contributed by atoms with Crippen LogP contribution >= 0.6 is 27.5 Å². The highest BCUT2D eigenvalue weighted by atomic mass is 79.9. The standard InChI is InChI=1S/C13H18BrClN2O2S/c1-16(2)9-11-4-3-7-17(11)20(18,19)13-6-5-10(14)8-12(13)15/h5-6,8,11H,3-4,7,9H2,1-2H3.